The maximum Gasteiger partial charge on any atom is 0.203 e. The summed E-state index contributed by atoms with van der Waals surface area (Å²) in [5, 5.41) is 0. The predicted molar refractivity (Wildman–Crippen MR) is 188 cm³/mol. The molecule has 5 nitrogen and oxygen atoms in total. The smallest absolute Gasteiger partial charge is 0.203 e. The molecule has 242 valence electrons. The molecule has 0 aliphatic heterocycles. The minimum absolute atomic E-state index is 0.523. The van der Waals surface area contributed by atoms with Gasteiger partial charge in [0.05, 0.1) is 34.5 Å². The molecule has 1 fully saturated rings. The number of hydrogen-bond acceptors (Lipinski definition) is 5. The Bertz CT molecular complexity index is 1380. The van der Waals surface area contributed by atoms with Gasteiger partial charge >= 0.3 is 0 Å². The van der Waals surface area contributed by atoms with E-state index in [1.54, 1.807) is 21.3 Å². The fourth-order valence-electron chi connectivity index (χ4n) is 5.62. The Morgan fingerprint density at radius 3 is 1.67 bits per heavy atom. The van der Waals surface area contributed by atoms with E-state index in [0.29, 0.717) is 42.3 Å². The van der Waals surface area contributed by atoms with Crippen LogP contribution in [0.2, 0.25) is 0 Å². The quantitative estimate of drug-likeness (QED) is 0.134. The fourth-order valence-corrected chi connectivity index (χ4v) is 5.62. The molecule has 0 aromatic heterocycles. The Labute approximate surface area is 271 Å². The van der Waals surface area contributed by atoms with E-state index >= 15 is 0 Å². The van der Waals surface area contributed by atoms with Gasteiger partial charge in [0.1, 0.15) is 0 Å². The maximum absolute atomic E-state index is 6.25. The van der Waals surface area contributed by atoms with E-state index in [2.05, 4.69) is 81.5 Å². The zero-order valence-electron chi connectivity index (χ0n) is 28.2. The average Bonchev–Trinajstić information content (AvgIpc) is 3.05. The number of ether oxygens (including phenoxy) is 5. The highest BCUT2D eigenvalue weighted by Gasteiger charge is 2.25. The van der Waals surface area contributed by atoms with Gasteiger partial charge < -0.3 is 23.7 Å². The third-order valence-electron chi connectivity index (χ3n) is 8.68. The lowest BCUT2D eigenvalue weighted by atomic mass is 9.79. The highest BCUT2D eigenvalue weighted by atomic mass is 16.5. The summed E-state index contributed by atoms with van der Waals surface area (Å²) in [6.45, 7) is 7.94. The zero-order chi connectivity index (χ0) is 32.0. The minimum atomic E-state index is 0.523. The Kier molecular flexibility index (Phi) is 13.3. The predicted octanol–water partition coefficient (Wildman–Crippen LogP) is 10.7. The number of rotatable bonds is 18. The monoisotopic (exact) mass is 612 g/mol. The van der Waals surface area contributed by atoms with Gasteiger partial charge in [0.25, 0.3) is 0 Å². The van der Waals surface area contributed by atoms with Crippen LogP contribution in [0.1, 0.15) is 106 Å². The summed E-state index contributed by atoms with van der Waals surface area (Å²) >= 11 is 0. The summed E-state index contributed by atoms with van der Waals surface area (Å²) in [6.07, 6.45) is 17.9. The minimum Gasteiger partial charge on any atom is -0.493 e. The Morgan fingerprint density at radius 1 is 0.667 bits per heavy atom. The van der Waals surface area contributed by atoms with Crippen LogP contribution in [-0.2, 0) is 0 Å². The molecule has 0 radical (unpaired) electrons. The third-order valence-corrected chi connectivity index (χ3v) is 8.68. The molecular weight excluding hydrogens is 560 g/mol. The lowest BCUT2D eigenvalue weighted by molar-refractivity contribution is 0.215. The number of unbranched alkanes of at least 4 members (excludes halogenated alkanes) is 1. The van der Waals surface area contributed by atoms with E-state index in [9.17, 15) is 0 Å². The van der Waals surface area contributed by atoms with Crippen molar-refractivity contribution in [2.75, 3.05) is 34.5 Å². The Morgan fingerprint density at radius 2 is 1.20 bits per heavy atom. The van der Waals surface area contributed by atoms with E-state index in [1.807, 2.05) is 12.1 Å². The number of hydrogen-bond donors (Lipinski definition) is 0. The highest BCUT2D eigenvalue weighted by molar-refractivity contribution is 5.75. The van der Waals surface area contributed by atoms with E-state index in [0.717, 1.165) is 46.6 Å². The summed E-state index contributed by atoms with van der Waals surface area (Å²) in [6, 6.07) is 16.9. The van der Waals surface area contributed by atoms with Crippen molar-refractivity contribution in [3.8, 4) is 28.7 Å². The van der Waals surface area contributed by atoms with Crippen molar-refractivity contribution in [1.29, 1.82) is 0 Å². The first kappa shape index (κ1) is 34.0. The van der Waals surface area contributed by atoms with Crippen LogP contribution in [0.15, 0.2) is 48.5 Å². The van der Waals surface area contributed by atoms with Gasteiger partial charge in [-0.3, -0.25) is 0 Å². The maximum atomic E-state index is 6.25. The molecule has 0 heterocycles. The van der Waals surface area contributed by atoms with Crippen molar-refractivity contribution < 1.29 is 23.7 Å². The summed E-state index contributed by atoms with van der Waals surface area (Å²) in [5.74, 6) is 4.85. The van der Waals surface area contributed by atoms with Crippen molar-refractivity contribution in [1.82, 2.24) is 0 Å². The van der Waals surface area contributed by atoms with Crippen molar-refractivity contribution in [3.05, 3.63) is 76.3 Å². The average molecular weight is 613 g/mol. The molecule has 1 atom stereocenters. The SMILES string of the molecule is CCCCC(CC)COc1c(OC)cc(/C=C/c2ccc(/C=C/c3cc(OC)c(OCCC)c(C4CCC4)c3)cc2)cc1OC. The molecule has 1 aliphatic rings. The summed E-state index contributed by atoms with van der Waals surface area (Å²) in [7, 11) is 5.08. The van der Waals surface area contributed by atoms with Crippen LogP contribution in [0, 0.1) is 5.92 Å². The van der Waals surface area contributed by atoms with Gasteiger partial charge in [0.2, 0.25) is 5.75 Å². The van der Waals surface area contributed by atoms with Crippen LogP contribution in [0.4, 0.5) is 0 Å². The number of methoxy groups -OCH3 is 3. The first-order valence-electron chi connectivity index (χ1n) is 16.7. The summed E-state index contributed by atoms with van der Waals surface area (Å²) in [4.78, 5) is 0. The third kappa shape index (κ3) is 9.32. The number of benzene rings is 3. The molecule has 5 heteroatoms. The summed E-state index contributed by atoms with van der Waals surface area (Å²) in [5.41, 5.74) is 5.64. The lowest BCUT2D eigenvalue weighted by Crippen LogP contribution is -2.12. The standard InChI is InChI=1S/C40H52O5/c1-7-10-12-29(9-3)28-45-40-37(42-5)26-33(27-38(40)43-6)22-20-31-17-15-30(16-18-31)19-21-32-24-35(34-13-11-14-34)39(44-23-8-2)36(25-32)41-4/h15-22,24-27,29,34H,7-14,23,28H2,1-6H3/b21-19+,22-20+. The van der Waals surface area contributed by atoms with Crippen LogP contribution in [0.25, 0.3) is 24.3 Å². The van der Waals surface area contributed by atoms with Gasteiger partial charge in [-0.2, -0.15) is 0 Å². The van der Waals surface area contributed by atoms with Gasteiger partial charge in [-0.25, -0.2) is 0 Å². The molecule has 1 aliphatic carbocycles. The molecule has 0 amide bonds. The van der Waals surface area contributed by atoms with E-state index in [4.69, 9.17) is 23.7 Å². The molecule has 1 unspecified atom stereocenters. The lowest BCUT2D eigenvalue weighted by Gasteiger charge is -2.29. The van der Waals surface area contributed by atoms with Crippen LogP contribution in [0.3, 0.4) is 0 Å². The Balaban J connectivity index is 1.46. The van der Waals surface area contributed by atoms with Crippen molar-refractivity contribution in [2.24, 2.45) is 5.92 Å². The first-order chi connectivity index (χ1) is 22.0. The molecule has 0 bridgehead atoms. The van der Waals surface area contributed by atoms with Gasteiger partial charge in [0, 0.05) is 5.56 Å². The first-order valence-corrected chi connectivity index (χ1v) is 16.7. The van der Waals surface area contributed by atoms with Gasteiger partial charge in [0.15, 0.2) is 23.0 Å². The molecule has 0 N–H and O–H groups in total. The van der Waals surface area contributed by atoms with E-state index in [1.165, 1.54) is 44.1 Å². The van der Waals surface area contributed by atoms with Crippen molar-refractivity contribution >= 4 is 24.3 Å². The van der Waals surface area contributed by atoms with Crippen LogP contribution in [0.5, 0.6) is 28.7 Å². The van der Waals surface area contributed by atoms with Crippen LogP contribution >= 0.6 is 0 Å². The molecule has 3 aromatic rings. The topological polar surface area (TPSA) is 46.2 Å². The van der Waals surface area contributed by atoms with Gasteiger partial charge in [-0.15, -0.1) is 0 Å². The molecule has 1 saturated carbocycles. The molecule has 0 spiro atoms. The summed E-state index contributed by atoms with van der Waals surface area (Å²) < 4.78 is 29.6. The highest BCUT2D eigenvalue weighted by Crippen LogP contribution is 2.45. The zero-order valence-corrected chi connectivity index (χ0v) is 28.2. The molecule has 0 saturated heterocycles. The van der Waals surface area contributed by atoms with Crippen LogP contribution in [-0.4, -0.2) is 34.5 Å². The molecule has 4 rings (SSSR count). The second-order valence-electron chi connectivity index (χ2n) is 11.9. The second kappa shape index (κ2) is 17.6. The largest absolute Gasteiger partial charge is 0.493 e. The van der Waals surface area contributed by atoms with Crippen molar-refractivity contribution in [2.45, 2.75) is 78.1 Å². The normalized spacial score (nSPS) is 14.0. The van der Waals surface area contributed by atoms with E-state index in [-0.39, 0.29) is 0 Å². The van der Waals surface area contributed by atoms with Gasteiger partial charge in [-0.1, -0.05) is 95.0 Å². The Hall–Kier alpha value is -3.86. The molecule has 3 aromatic carbocycles. The van der Waals surface area contributed by atoms with E-state index < -0.39 is 0 Å². The second-order valence-corrected chi connectivity index (χ2v) is 11.9. The van der Waals surface area contributed by atoms with Crippen molar-refractivity contribution in [3.63, 3.8) is 0 Å². The molecule has 45 heavy (non-hydrogen) atoms. The van der Waals surface area contributed by atoms with Gasteiger partial charge in [-0.05, 0) is 84.0 Å². The van der Waals surface area contributed by atoms with Crippen LogP contribution < -0.4 is 23.7 Å². The fraction of sp³-hybridized carbons (Fsp3) is 0.450. The molecular formula is C40H52O5.